The maximum absolute atomic E-state index is 12.9. The summed E-state index contributed by atoms with van der Waals surface area (Å²) in [6.45, 7) is 3.12. The van der Waals surface area contributed by atoms with Gasteiger partial charge >= 0.3 is 5.97 Å². The summed E-state index contributed by atoms with van der Waals surface area (Å²) in [5, 5.41) is 9.48. The molecule has 1 aromatic carbocycles. The van der Waals surface area contributed by atoms with E-state index < -0.39 is 0 Å². The summed E-state index contributed by atoms with van der Waals surface area (Å²) in [5.74, 6) is 0.302. The monoisotopic (exact) mass is 358 g/mol. The molecule has 4 rings (SSSR count). The number of rotatable bonds is 5. The fourth-order valence-electron chi connectivity index (χ4n) is 3.04. The van der Waals surface area contributed by atoms with E-state index in [9.17, 15) is 9.59 Å². The van der Waals surface area contributed by atoms with E-state index in [1.807, 2.05) is 28.7 Å². The standard InChI is InChI=1S/C17H18N4O3S/c1-2-3-9-20-14(22)11-6-4-5-7-12(11)21-16(20)18-19-17(21)25-13-8-10-24-15(13)23/h4-7,13H,2-3,8-10H2,1H3/t13-/m0/s1. The molecular formula is C17H18N4O3S. The first-order chi connectivity index (χ1) is 12.2. The van der Waals surface area contributed by atoms with Gasteiger partial charge in [0.25, 0.3) is 5.56 Å². The number of cyclic esters (lactones) is 1. The van der Waals surface area contributed by atoms with Gasteiger partial charge in [0.15, 0.2) is 5.16 Å². The van der Waals surface area contributed by atoms with Gasteiger partial charge in [-0.05, 0) is 18.6 Å². The lowest BCUT2D eigenvalue weighted by Crippen LogP contribution is -2.23. The van der Waals surface area contributed by atoms with Gasteiger partial charge in [0, 0.05) is 13.0 Å². The van der Waals surface area contributed by atoms with Crippen molar-refractivity contribution in [2.45, 2.75) is 43.1 Å². The van der Waals surface area contributed by atoms with E-state index in [0.29, 0.717) is 35.9 Å². The van der Waals surface area contributed by atoms with E-state index in [0.717, 1.165) is 18.4 Å². The highest BCUT2D eigenvalue weighted by molar-refractivity contribution is 8.00. The Morgan fingerprint density at radius 1 is 1.28 bits per heavy atom. The Labute approximate surface area is 148 Å². The summed E-state index contributed by atoms with van der Waals surface area (Å²) >= 11 is 1.35. The van der Waals surface area contributed by atoms with Crippen molar-refractivity contribution >= 4 is 34.4 Å². The van der Waals surface area contributed by atoms with E-state index in [1.165, 1.54) is 11.8 Å². The Balaban J connectivity index is 1.92. The molecule has 0 N–H and O–H groups in total. The number of benzene rings is 1. The largest absolute Gasteiger partial charge is 0.465 e. The van der Waals surface area contributed by atoms with E-state index in [2.05, 4.69) is 17.1 Å². The van der Waals surface area contributed by atoms with Crippen molar-refractivity contribution in [3.8, 4) is 0 Å². The average molecular weight is 358 g/mol. The van der Waals surface area contributed by atoms with Crippen LogP contribution in [0.3, 0.4) is 0 Å². The third kappa shape index (κ3) is 2.70. The third-order valence-corrected chi connectivity index (χ3v) is 5.54. The minimum absolute atomic E-state index is 0.0548. The number of para-hydroxylation sites is 1. The quantitative estimate of drug-likeness (QED) is 0.651. The molecular weight excluding hydrogens is 340 g/mol. The number of aryl methyl sites for hydroxylation is 1. The van der Waals surface area contributed by atoms with Gasteiger partial charge in [0.1, 0.15) is 5.25 Å². The van der Waals surface area contributed by atoms with Crippen LogP contribution < -0.4 is 5.56 Å². The van der Waals surface area contributed by atoms with Crippen molar-refractivity contribution in [1.29, 1.82) is 0 Å². The van der Waals surface area contributed by atoms with E-state index in [-0.39, 0.29) is 16.8 Å². The topological polar surface area (TPSA) is 78.5 Å². The van der Waals surface area contributed by atoms with Crippen LogP contribution >= 0.6 is 11.8 Å². The summed E-state index contributed by atoms with van der Waals surface area (Å²) < 4.78 is 8.59. The molecule has 0 bridgehead atoms. The molecule has 0 saturated carbocycles. The average Bonchev–Trinajstić information content (AvgIpc) is 3.22. The lowest BCUT2D eigenvalue weighted by Gasteiger charge is -2.11. The molecule has 7 nitrogen and oxygen atoms in total. The van der Waals surface area contributed by atoms with Crippen molar-refractivity contribution < 1.29 is 9.53 Å². The lowest BCUT2D eigenvalue weighted by atomic mass is 10.2. The molecule has 1 atom stereocenters. The maximum Gasteiger partial charge on any atom is 0.319 e. The smallest absolute Gasteiger partial charge is 0.319 e. The van der Waals surface area contributed by atoms with Gasteiger partial charge in [-0.2, -0.15) is 0 Å². The van der Waals surface area contributed by atoms with Crippen molar-refractivity contribution in [3.63, 3.8) is 0 Å². The molecule has 1 aliphatic rings. The first kappa shape index (κ1) is 16.1. The summed E-state index contributed by atoms with van der Waals surface area (Å²) in [6, 6.07) is 7.44. The molecule has 3 heterocycles. The molecule has 0 radical (unpaired) electrons. The van der Waals surface area contributed by atoms with Crippen molar-refractivity contribution in [1.82, 2.24) is 19.2 Å². The molecule has 2 aromatic heterocycles. The van der Waals surface area contributed by atoms with E-state index in [4.69, 9.17) is 4.74 Å². The molecule has 1 aliphatic heterocycles. The number of unbranched alkanes of at least 4 members (excludes halogenated alkanes) is 1. The number of aromatic nitrogens is 4. The Kier molecular flexibility index (Phi) is 4.20. The molecule has 1 saturated heterocycles. The number of thioether (sulfide) groups is 1. The number of carbonyl (C=O) groups excluding carboxylic acids is 1. The number of carbonyl (C=O) groups is 1. The molecule has 25 heavy (non-hydrogen) atoms. The second kappa shape index (κ2) is 6.51. The van der Waals surface area contributed by atoms with Crippen molar-refractivity contribution in [2.75, 3.05) is 6.61 Å². The van der Waals surface area contributed by atoms with Crippen LogP contribution in [0.15, 0.2) is 34.2 Å². The molecule has 1 fully saturated rings. The number of nitrogens with zero attached hydrogens (tertiary/aromatic N) is 4. The number of hydrogen-bond acceptors (Lipinski definition) is 6. The highest BCUT2D eigenvalue weighted by Gasteiger charge is 2.30. The molecule has 3 aromatic rings. The van der Waals surface area contributed by atoms with Crippen LogP contribution in [0.1, 0.15) is 26.2 Å². The summed E-state index contributed by atoms with van der Waals surface area (Å²) in [5.41, 5.74) is 0.704. The Bertz CT molecular complexity index is 1010. The fraction of sp³-hybridized carbons (Fsp3) is 0.412. The fourth-order valence-corrected chi connectivity index (χ4v) is 4.05. The second-order valence-electron chi connectivity index (χ2n) is 6.01. The molecule has 0 unspecified atom stereocenters. The van der Waals surface area contributed by atoms with Gasteiger partial charge in [0.05, 0.1) is 17.5 Å². The zero-order valence-corrected chi connectivity index (χ0v) is 14.7. The molecule has 8 heteroatoms. The molecule has 130 valence electrons. The van der Waals surface area contributed by atoms with Gasteiger partial charge in [0.2, 0.25) is 5.78 Å². The highest BCUT2D eigenvalue weighted by atomic mass is 32.2. The van der Waals surface area contributed by atoms with E-state index >= 15 is 0 Å². The normalized spacial score (nSPS) is 17.5. The van der Waals surface area contributed by atoms with Gasteiger partial charge < -0.3 is 4.74 Å². The van der Waals surface area contributed by atoms with Gasteiger partial charge in [-0.1, -0.05) is 37.2 Å². The highest BCUT2D eigenvalue weighted by Crippen LogP contribution is 2.30. The van der Waals surface area contributed by atoms with Crippen LogP contribution in [0.25, 0.3) is 16.7 Å². The number of fused-ring (bicyclic) bond motifs is 3. The van der Waals surface area contributed by atoms with Crippen molar-refractivity contribution in [2.24, 2.45) is 0 Å². The number of hydrogen-bond donors (Lipinski definition) is 0. The van der Waals surface area contributed by atoms with Crippen LogP contribution in [0.2, 0.25) is 0 Å². The van der Waals surface area contributed by atoms with Crippen LogP contribution in [-0.4, -0.2) is 37.0 Å². The first-order valence-corrected chi connectivity index (χ1v) is 9.28. The lowest BCUT2D eigenvalue weighted by molar-refractivity contribution is -0.137. The van der Waals surface area contributed by atoms with Crippen LogP contribution in [-0.2, 0) is 16.1 Å². The predicted molar refractivity (Wildman–Crippen MR) is 94.9 cm³/mol. The van der Waals surface area contributed by atoms with Crippen molar-refractivity contribution in [3.05, 3.63) is 34.6 Å². The van der Waals surface area contributed by atoms with Crippen LogP contribution in [0.5, 0.6) is 0 Å². The summed E-state index contributed by atoms with van der Waals surface area (Å²) in [7, 11) is 0. The Morgan fingerprint density at radius 3 is 2.88 bits per heavy atom. The van der Waals surface area contributed by atoms with E-state index in [1.54, 1.807) is 4.57 Å². The summed E-state index contributed by atoms with van der Waals surface area (Å²) in [4.78, 5) is 24.7. The third-order valence-electron chi connectivity index (χ3n) is 4.35. The predicted octanol–water partition coefficient (Wildman–Crippen LogP) is 2.25. The maximum atomic E-state index is 12.9. The van der Waals surface area contributed by atoms with Gasteiger partial charge in [-0.3, -0.25) is 18.6 Å². The van der Waals surface area contributed by atoms with Crippen LogP contribution in [0, 0.1) is 0 Å². The van der Waals surface area contributed by atoms with Gasteiger partial charge in [-0.25, -0.2) is 0 Å². The molecule has 0 aliphatic carbocycles. The minimum atomic E-state index is -0.276. The van der Waals surface area contributed by atoms with Gasteiger partial charge in [-0.15, -0.1) is 10.2 Å². The molecule has 0 spiro atoms. The van der Waals surface area contributed by atoms with Crippen LogP contribution in [0.4, 0.5) is 0 Å². The zero-order valence-electron chi connectivity index (χ0n) is 13.8. The summed E-state index contributed by atoms with van der Waals surface area (Å²) in [6.07, 6.45) is 2.53. The zero-order chi connectivity index (χ0) is 17.4. The Hall–Kier alpha value is -2.35. The SMILES string of the molecule is CCCCn1c(=O)c2ccccc2n2c(S[C@H]3CCOC3=O)nnc12. The number of ether oxygens (including phenoxy) is 1. The second-order valence-corrected chi connectivity index (χ2v) is 7.18. The number of esters is 1. The first-order valence-electron chi connectivity index (χ1n) is 8.40. The Morgan fingerprint density at radius 2 is 2.12 bits per heavy atom. The molecule has 0 amide bonds. The minimum Gasteiger partial charge on any atom is -0.465 e.